The highest BCUT2D eigenvalue weighted by Crippen LogP contribution is 2.24. The first-order valence-electron chi connectivity index (χ1n) is 10.00. The van der Waals surface area contributed by atoms with Crippen LogP contribution in [-0.4, -0.2) is 62.2 Å². The minimum absolute atomic E-state index is 0.112. The Labute approximate surface area is 186 Å². The highest BCUT2D eigenvalue weighted by Gasteiger charge is 2.33. The van der Waals surface area contributed by atoms with Crippen molar-refractivity contribution in [3.05, 3.63) is 54.4 Å². The molecular formula is C21H24N4O6S. The number of sulfonamides is 1. The van der Waals surface area contributed by atoms with Gasteiger partial charge in [0.15, 0.2) is 6.61 Å². The zero-order valence-electron chi connectivity index (χ0n) is 17.5. The Morgan fingerprint density at radius 2 is 1.81 bits per heavy atom. The van der Waals surface area contributed by atoms with Gasteiger partial charge in [-0.3, -0.25) is 19.4 Å². The van der Waals surface area contributed by atoms with Gasteiger partial charge in [0.05, 0.1) is 5.92 Å². The monoisotopic (exact) mass is 460 g/mol. The molecule has 2 N–H and O–H groups in total. The number of benzene rings is 1. The number of carbonyl (C=O) groups excluding carboxylic acids is 3. The van der Waals surface area contributed by atoms with Gasteiger partial charge in [-0.25, -0.2) is 8.42 Å². The summed E-state index contributed by atoms with van der Waals surface area (Å²) >= 11 is 0. The van der Waals surface area contributed by atoms with Crippen LogP contribution in [0.25, 0.3) is 0 Å². The maximum Gasteiger partial charge on any atom is 0.309 e. The number of piperidine rings is 1. The predicted molar refractivity (Wildman–Crippen MR) is 115 cm³/mol. The summed E-state index contributed by atoms with van der Waals surface area (Å²) in [5, 5.41) is 5.09. The van der Waals surface area contributed by atoms with Crippen LogP contribution >= 0.6 is 0 Å². The fourth-order valence-electron chi connectivity index (χ4n) is 3.28. The molecule has 1 aromatic carbocycles. The number of rotatable bonds is 7. The molecule has 11 heteroatoms. The number of ether oxygens (including phenoxy) is 1. The standard InChI is InChI=1S/C21H24N4O6S/c1-22-20(27)15-4-6-17(7-5-15)24-19(26)14-31-21(28)16-8-11-25(12-9-16)32(29,30)18-3-2-10-23-13-18/h2-7,10,13,16H,8-9,11-12,14H2,1H3,(H,22,27)(H,24,26). The number of esters is 1. The topological polar surface area (TPSA) is 135 Å². The minimum atomic E-state index is -3.65. The lowest BCUT2D eigenvalue weighted by Crippen LogP contribution is -2.40. The van der Waals surface area contributed by atoms with Gasteiger partial charge in [0.25, 0.3) is 11.8 Å². The van der Waals surface area contributed by atoms with Crippen LogP contribution in [0.15, 0.2) is 53.7 Å². The molecule has 0 bridgehead atoms. The van der Waals surface area contributed by atoms with E-state index in [1.807, 2.05) is 0 Å². The van der Waals surface area contributed by atoms with E-state index in [1.165, 1.54) is 29.8 Å². The molecule has 1 fully saturated rings. The number of anilines is 1. The molecule has 0 spiro atoms. The number of hydrogen-bond donors (Lipinski definition) is 2. The van der Waals surface area contributed by atoms with E-state index in [-0.39, 0.29) is 23.9 Å². The normalized spacial score (nSPS) is 15.0. The summed E-state index contributed by atoms with van der Waals surface area (Å²) in [7, 11) is -2.13. The van der Waals surface area contributed by atoms with Crippen molar-refractivity contribution in [3.8, 4) is 0 Å². The van der Waals surface area contributed by atoms with E-state index in [9.17, 15) is 22.8 Å². The predicted octanol–water partition coefficient (Wildman–Crippen LogP) is 1.02. The molecule has 0 radical (unpaired) electrons. The molecule has 3 rings (SSSR count). The van der Waals surface area contributed by atoms with Crippen LogP contribution < -0.4 is 10.6 Å². The van der Waals surface area contributed by atoms with Gasteiger partial charge in [-0.1, -0.05) is 0 Å². The van der Waals surface area contributed by atoms with Crippen molar-refractivity contribution in [2.45, 2.75) is 17.7 Å². The molecule has 0 atom stereocenters. The Kier molecular flexibility index (Phi) is 7.54. The lowest BCUT2D eigenvalue weighted by Gasteiger charge is -2.29. The Morgan fingerprint density at radius 1 is 1.12 bits per heavy atom. The van der Waals surface area contributed by atoms with Crippen molar-refractivity contribution in [3.63, 3.8) is 0 Å². The molecule has 1 aliphatic rings. The van der Waals surface area contributed by atoms with Crippen LogP contribution in [0.5, 0.6) is 0 Å². The molecule has 1 aromatic heterocycles. The number of carbonyl (C=O) groups is 3. The highest BCUT2D eigenvalue weighted by atomic mass is 32.2. The minimum Gasteiger partial charge on any atom is -0.455 e. The van der Waals surface area contributed by atoms with Gasteiger partial charge in [-0.2, -0.15) is 4.31 Å². The first-order valence-corrected chi connectivity index (χ1v) is 11.4. The average molecular weight is 461 g/mol. The number of aromatic nitrogens is 1. The van der Waals surface area contributed by atoms with E-state index in [0.29, 0.717) is 24.1 Å². The van der Waals surface area contributed by atoms with Gasteiger partial charge >= 0.3 is 5.97 Å². The van der Waals surface area contributed by atoms with Gasteiger partial charge < -0.3 is 15.4 Å². The Balaban J connectivity index is 1.45. The SMILES string of the molecule is CNC(=O)c1ccc(NC(=O)COC(=O)C2CCN(S(=O)(=O)c3cccnc3)CC2)cc1. The quantitative estimate of drug-likeness (QED) is 0.589. The van der Waals surface area contributed by atoms with Gasteiger partial charge in [0.1, 0.15) is 4.90 Å². The zero-order valence-corrected chi connectivity index (χ0v) is 18.3. The molecule has 32 heavy (non-hydrogen) atoms. The number of nitrogens with zero attached hydrogens (tertiary/aromatic N) is 2. The van der Waals surface area contributed by atoms with E-state index in [2.05, 4.69) is 15.6 Å². The zero-order chi connectivity index (χ0) is 23.1. The van der Waals surface area contributed by atoms with Crippen LogP contribution in [0, 0.1) is 5.92 Å². The van der Waals surface area contributed by atoms with E-state index in [1.54, 1.807) is 30.3 Å². The summed E-state index contributed by atoms with van der Waals surface area (Å²) in [6, 6.07) is 9.30. The first kappa shape index (κ1) is 23.4. The van der Waals surface area contributed by atoms with Crippen LogP contribution in [0.3, 0.4) is 0 Å². The first-order chi connectivity index (χ1) is 15.3. The van der Waals surface area contributed by atoms with Crippen molar-refractivity contribution in [2.24, 2.45) is 5.92 Å². The molecule has 0 unspecified atom stereocenters. The summed E-state index contributed by atoms with van der Waals surface area (Å²) in [6.07, 6.45) is 3.40. The average Bonchev–Trinajstić information content (AvgIpc) is 2.83. The maximum atomic E-state index is 12.6. The van der Waals surface area contributed by atoms with Crippen molar-refractivity contribution in [1.29, 1.82) is 0 Å². The third-order valence-electron chi connectivity index (χ3n) is 5.06. The van der Waals surface area contributed by atoms with Gasteiger partial charge in [-0.15, -0.1) is 0 Å². The third kappa shape index (κ3) is 5.68. The van der Waals surface area contributed by atoms with Gasteiger partial charge in [-0.05, 0) is 49.2 Å². The second-order valence-corrected chi connectivity index (χ2v) is 9.12. The molecule has 1 saturated heterocycles. The van der Waals surface area contributed by atoms with Crippen LogP contribution in [0.1, 0.15) is 23.2 Å². The summed E-state index contributed by atoms with van der Waals surface area (Å²) in [4.78, 5) is 39.8. The molecule has 2 heterocycles. The molecule has 1 aliphatic heterocycles. The van der Waals surface area contributed by atoms with E-state index in [4.69, 9.17) is 4.74 Å². The van der Waals surface area contributed by atoms with Gasteiger partial charge in [0.2, 0.25) is 10.0 Å². The van der Waals surface area contributed by atoms with Crippen molar-refractivity contribution in [2.75, 3.05) is 32.1 Å². The maximum absolute atomic E-state index is 12.6. The number of nitrogens with one attached hydrogen (secondary N) is 2. The lowest BCUT2D eigenvalue weighted by molar-refractivity contribution is -0.152. The Bertz CT molecular complexity index is 1070. The van der Waals surface area contributed by atoms with E-state index >= 15 is 0 Å². The summed E-state index contributed by atoms with van der Waals surface area (Å²) in [5.41, 5.74) is 0.918. The molecule has 2 aromatic rings. The molecule has 2 amide bonds. The van der Waals surface area contributed by atoms with Crippen molar-refractivity contribution < 1.29 is 27.5 Å². The lowest BCUT2D eigenvalue weighted by atomic mass is 9.98. The van der Waals surface area contributed by atoms with Gasteiger partial charge in [0, 0.05) is 43.8 Å². The van der Waals surface area contributed by atoms with Crippen molar-refractivity contribution >= 4 is 33.5 Å². The molecule has 0 saturated carbocycles. The second kappa shape index (κ2) is 10.3. The number of amides is 2. The largest absolute Gasteiger partial charge is 0.455 e. The molecule has 10 nitrogen and oxygen atoms in total. The van der Waals surface area contributed by atoms with Crippen LogP contribution in [-0.2, 0) is 24.3 Å². The highest BCUT2D eigenvalue weighted by molar-refractivity contribution is 7.89. The van der Waals surface area contributed by atoms with E-state index < -0.39 is 34.4 Å². The number of hydrogen-bond acceptors (Lipinski definition) is 7. The Morgan fingerprint density at radius 3 is 2.41 bits per heavy atom. The summed E-state index contributed by atoms with van der Waals surface area (Å²) < 4.78 is 31.7. The fourth-order valence-corrected chi connectivity index (χ4v) is 4.72. The van der Waals surface area contributed by atoms with Crippen molar-refractivity contribution in [1.82, 2.24) is 14.6 Å². The number of pyridine rings is 1. The van der Waals surface area contributed by atoms with Crippen LogP contribution in [0.2, 0.25) is 0 Å². The fraction of sp³-hybridized carbons (Fsp3) is 0.333. The van der Waals surface area contributed by atoms with E-state index in [0.717, 1.165) is 0 Å². The molecule has 170 valence electrons. The molecule has 0 aliphatic carbocycles. The molecular weight excluding hydrogens is 436 g/mol. The smallest absolute Gasteiger partial charge is 0.309 e. The summed E-state index contributed by atoms with van der Waals surface area (Å²) in [6.45, 7) is -0.0913. The second-order valence-electron chi connectivity index (χ2n) is 7.18. The summed E-state index contributed by atoms with van der Waals surface area (Å²) in [5.74, 6) is -1.76. The van der Waals surface area contributed by atoms with Crippen LogP contribution in [0.4, 0.5) is 5.69 Å². The Hall–Kier alpha value is -3.31. The third-order valence-corrected chi connectivity index (χ3v) is 6.95.